The molecule has 2 aromatic heterocycles. The Labute approximate surface area is 228 Å². The molecule has 0 N–H and O–H groups in total. The van der Waals surface area contributed by atoms with Gasteiger partial charge in [0, 0.05) is 48.8 Å². The van der Waals surface area contributed by atoms with E-state index in [-0.39, 0.29) is 0 Å². The zero-order chi connectivity index (χ0) is 27.8. The number of hydrogen-bond acceptors (Lipinski definition) is 9. The second-order valence-corrected chi connectivity index (χ2v) is 9.22. The first-order chi connectivity index (χ1) is 18.8. The predicted molar refractivity (Wildman–Crippen MR) is 147 cm³/mol. The molecule has 39 heavy (non-hydrogen) atoms. The number of anilines is 2. The molecule has 13 nitrogen and oxygen atoms in total. The van der Waals surface area contributed by atoms with Crippen LogP contribution >= 0.6 is 0 Å². The van der Waals surface area contributed by atoms with Crippen molar-refractivity contribution in [1.82, 2.24) is 19.6 Å². The summed E-state index contributed by atoms with van der Waals surface area (Å²) in [4.78, 5) is 4.31. The minimum Gasteiger partial charge on any atom is -0.378 e. The van der Waals surface area contributed by atoms with Crippen LogP contribution in [0.25, 0.3) is 0 Å². The first-order valence-electron chi connectivity index (χ1n) is 12.6. The molecule has 0 amide bonds. The van der Waals surface area contributed by atoms with Crippen molar-refractivity contribution in [2.45, 2.75) is 0 Å². The van der Waals surface area contributed by atoms with E-state index in [1.165, 1.54) is 0 Å². The number of nitrogens with zero attached hydrogens (tertiary/aromatic N) is 12. The maximum absolute atomic E-state index is 5.90. The molecular weight excluding hydrogens is 496 g/mol. The predicted octanol–water partition coefficient (Wildman–Crippen LogP) is 3.22. The summed E-state index contributed by atoms with van der Waals surface area (Å²) < 4.78 is 12.9. The van der Waals surface area contributed by atoms with Gasteiger partial charge in [0.1, 0.15) is 0 Å². The lowest BCUT2D eigenvalue weighted by Gasteiger charge is -2.21. The lowest BCUT2D eigenvalue weighted by atomic mass is 10.2. The zero-order valence-electron chi connectivity index (χ0n) is 23.4. The van der Waals surface area contributed by atoms with Gasteiger partial charge in [-0.15, -0.1) is 9.36 Å². The first kappa shape index (κ1) is 27.5. The molecule has 0 spiro atoms. The molecule has 0 radical (unpaired) electrons. The maximum atomic E-state index is 5.90. The summed E-state index contributed by atoms with van der Waals surface area (Å²) in [6.07, 6.45) is 3.40. The highest BCUT2D eigenvalue weighted by Gasteiger charge is 2.12. The number of ether oxygens (including phenoxy) is 1. The monoisotopic (exact) mass is 532 g/mol. The third kappa shape index (κ3) is 7.29. The SMILES string of the molecule is CN(CCOCCN(C)c1ccc(N=Nc2n(C)nc[n+]2C)cc1)c1ccc(N=Nc2n(C)nc[n+]2C)cc1. The summed E-state index contributed by atoms with van der Waals surface area (Å²) in [6.45, 7) is 2.83. The summed E-state index contributed by atoms with van der Waals surface area (Å²) in [6, 6.07) is 15.9. The third-order valence-corrected chi connectivity index (χ3v) is 6.24. The topological polar surface area (TPSA) is 109 Å². The third-order valence-electron chi connectivity index (χ3n) is 6.24. The Morgan fingerprint density at radius 1 is 0.667 bits per heavy atom. The van der Waals surface area contributed by atoms with Crippen LogP contribution in [0.5, 0.6) is 0 Å². The number of aryl methyl sites for hydroxylation is 4. The van der Waals surface area contributed by atoms with Crippen molar-refractivity contribution in [3.05, 3.63) is 61.2 Å². The first-order valence-corrected chi connectivity index (χ1v) is 12.6. The molecule has 2 heterocycles. The fourth-order valence-corrected chi connectivity index (χ4v) is 3.76. The highest BCUT2D eigenvalue weighted by Crippen LogP contribution is 2.21. The zero-order valence-corrected chi connectivity index (χ0v) is 23.4. The van der Waals surface area contributed by atoms with Crippen LogP contribution in [0.4, 0.5) is 34.6 Å². The van der Waals surface area contributed by atoms with Crippen LogP contribution in [-0.4, -0.2) is 60.0 Å². The summed E-state index contributed by atoms with van der Waals surface area (Å²) in [5, 5.41) is 25.5. The van der Waals surface area contributed by atoms with Gasteiger partial charge in [0.15, 0.2) is 0 Å². The van der Waals surface area contributed by atoms with E-state index in [2.05, 4.69) is 54.5 Å². The Bertz CT molecular complexity index is 1260. The quantitative estimate of drug-likeness (QED) is 0.158. The van der Waals surface area contributed by atoms with Crippen molar-refractivity contribution in [2.24, 2.45) is 48.6 Å². The van der Waals surface area contributed by atoms with Crippen LogP contribution in [0, 0.1) is 0 Å². The number of benzene rings is 2. The minimum atomic E-state index is 0.632. The summed E-state index contributed by atoms with van der Waals surface area (Å²) in [5.74, 6) is 1.35. The normalized spacial score (nSPS) is 11.6. The van der Waals surface area contributed by atoms with Crippen LogP contribution in [0.3, 0.4) is 0 Å². The Morgan fingerprint density at radius 3 is 1.38 bits per heavy atom. The average molecular weight is 533 g/mol. The second kappa shape index (κ2) is 12.8. The maximum Gasteiger partial charge on any atom is 0.403 e. The second-order valence-electron chi connectivity index (χ2n) is 9.22. The number of aromatic nitrogens is 6. The van der Waals surface area contributed by atoms with Gasteiger partial charge < -0.3 is 14.5 Å². The number of azo groups is 2. The molecule has 204 valence electrons. The van der Waals surface area contributed by atoms with E-state index in [9.17, 15) is 0 Å². The lowest BCUT2D eigenvalue weighted by Crippen LogP contribution is -2.26. The van der Waals surface area contributed by atoms with Crippen molar-refractivity contribution in [2.75, 3.05) is 50.2 Å². The van der Waals surface area contributed by atoms with Gasteiger partial charge in [0.2, 0.25) is 12.7 Å². The molecule has 0 unspecified atom stereocenters. The molecule has 0 atom stereocenters. The van der Waals surface area contributed by atoms with E-state index in [0.29, 0.717) is 25.1 Å². The van der Waals surface area contributed by atoms with E-state index in [0.717, 1.165) is 35.8 Å². The van der Waals surface area contributed by atoms with Gasteiger partial charge in [-0.05, 0) is 58.7 Å². The van der Waals surface area contributed by atoms with Gasteiger partial charge in [-0.2, -0.15) is 0 Å². The van der Waals surface area contributed by atoms with Crippen molar-refractivity contribution in [1.29, 1.82) is 0 Å². The molecule has 2 aromatic carbocycles. The highest BCUT2D eigenvalue weighted by molar-refractivity contribution is 5.53. The Kier molecular flexibility index (Phi) is 9.05. The summed E-state index contributed by atoms with van der Waals surface area (Å²) in [5.41, 5.74) is 3.75. The molecular formula is C26H36N12O+2. The Hall–Kier alpha value is -4.52. The van der Waals surface area contributed by atoms with E-state index in [1.54, 1.807) is 22.0 Å². The molecule has 4 rings (SSSR count). The standard InChI is InChI=1S/C26H36N12O/c1-33(23-11-7-21(8-12-23)29-31-25-35(3)19-27-37(25)5)15-17-39-18-16-34(2)24-13-9-22(10-14-24)30-32-26-36(4)20-28-38(26)6/h7-14,19-20H,15-18H2,1-6H3/q+2. The van der Waals surface area contributed by atoms with E-state index >= 15 is 0 Å². The van der Waals surface area contributed by atoms with E-state index < -0.39 is 0 Å². The van der Waals surface area contributed by atoms with Gasteiger partial charge in [-0.25, -0.2) is 9.13 Å². The van der Waals surface area contributed by atoms with Crippen LogP contribution in [-0.2, 0) is 32.9 Å². The van der Waals surface area contributed by atoms with E-state index in [1.807, 2.05) is 85.9 Å². The molecule has 0 aliphatic rings. The number of likely N-dealkylation sites (N-methyl/N-ethyl adjacent to an activating group) is 2. The summed E-state index contributed by atoms with van der Waals surface area (Å²) in [7, 11) is 11.5. The van der Waals surface area contributed by atoms with Crippen LogP contribution in [0.15, 0.2) is 81.6 Å². The molecule has 0 aliphatic carbocycles. The Balaban J connectivity index is 1.17. The van der Waals surface area contributed by atoms with Crippen molar-refractivity contribution < 1.29 is 13.9 Å². The average Bonchev–Trinajstić information content (AvgIpc) is 3.44. The van der Waals surface area contributed by atoms with Crippen LogP contribution in [0.2, 0.25) is 0 Å². The molecule has 0 fully saturated rings. The molecule has 0 aliphatic heterocycles. The van der Waals surface area contributed by atoms with Crippen molar-refractivity contribution >= 4 is 34.6 Å². The van der Waals surface area contributed by atoms with Gasteiger partial charge in [0.25, 0.3) is 0 Å². The molecule has 0 saturated carbocycles. The molecule has 0 bridgehead atoms. The van der Waals surface area contributed by atoms with Crippen molar-refractivity contribution in [3.8, 4) is 0 Å². The lowest BCUT2D eigenvalue weighted by molar-refractivity contribution is -0.659. The smallest absolute Gasteiger partial charge is 0.378 e. The van der Waals surface area contributed by atoms with Gasteiger partial charge in [-0.1, -0.05) is 10.2 Å². The fraction of sp³-hybridized carbons (Fsp3) is 0.385. The van der Waals surface area contributed by atoms with Gasteiger partial charge >= 0.3 is 11.9 Å². The van der Waals surface area contributed by atoms with Crippen LogP contribution in [0.1, 0.15) is 0 Å². The molecule has 4 aromatic rings. The molecule has 13 heteroatoms. The Morgan fingerprint density at radius 2 is 1.05 bits per heavy atom. The van der Waals surface area contributed by atoms with E-state index in [4.69, 9.17) is 4.74 Å². The minimum absolute atomic E-state index is 0.632. The molecule has 0 saturated heterocycles. The fourth-order valence-electron chi connectivity index (χ4n) is 3.76. The highest BCUT2D eigenvalue weighted by atomic mass is 16.5. The largest absolute Gasteiger partial charge is 0.403 e. The van der Waals surface area contributed by atoms with Gasteiger partial charge in [0.05, 0.1) is 52.8 Å². The van der Waals surface area contributed by atoms with Gasteiger partial charge in [-0.3, -0.25) is 0 Å². The number of rotatable bonds is 12. The van der Waals surface area contributed by atoms with Crippen molar-refractivity contribution in [3.63, 3.8) is 0 Å². The summed E-state index contributed by atoms with van der Waals surface area (Å²) >= 11 is 0. The number of hydrogen-bond donors (Lipinski definition) is 0. The van der Waals surface area contributed by atoms with Crippen LogP contribution < -0.4 is 18.9 Å².